The molecule has 1 aliphatic rings. The molecule has 114 valence electrons. The lowest BCUT2D eigenvalue weighted by Crippen LogP contribution is -2.22. The van der Waals surface area contributed by atoms with Crippen LogP contribution >= 0.6 is 0 Å². The van der Waals surface area contributed by atoms with Gasteiger partial charge in [0.1, 0.15) is 5.65 Å². The summed E-state index contributed by atoms with van der Waals surface area (Å²) in [7, 11) is 0. The highest BCUT2D eigenvalue weighted by atomic mass is 16.1. The number of nitrogen functional groups attached to an aromatic ring is 1. The minimum absolute atomic E-state index is 0.103. The molecular formula is C14H17N7O. The molecule has 0 spiro atoms. The topological polar surface area (TPSA) is 124 Å². The third-order valence-corrected chi connectivity index (χ3v) is 3.71. The molecule has 0 aliphatic carbocycles. The number of nitrogens with one attached hydrogen (secondary N) is 3. The molecule has 3 heterocycles. The lowest BCUT2D eigenvalue weighted by molar-refractivity contribution is 0.488. The zero-order chi connectivity index (χ0) is 15.6. The fourth-order valence-electron chi connectivity index (χ4n) is 2.44. The van der Waals surface area contributed by atoms with Crippen LogP contribution in [-0.4, -0.2) is 27.2 Å². The van der Waals surface area contributed by atoms with Crippen LogP contribution in [0.4, 0.5) is 5.95 Å². The molecular weight excluding hydrogens is 282 g/mol. The molecule has 2 aromatic heterocycles. The van der Waals surface area contributed by atoms with E-state index < -0.39 is 0 Å². The number of hydrogen-bond acceptors (Lipinski definition) is 6. The van der Waals surface area contributed by atoms with Crippen molar-refractivity contribution in [2.75, 3.05) is 12.3 Å². The van der Waals surface area contributed by atoms with Gasteiger partial charge in [-0.05, 0) is 12.1 Å². The number of nitrogens with zero attached hydrogens (tertiary/aromatic N) is 3. The Morgan fingerprint density at radius 1 is 1.41 bits per heavy atom. The summed E-state index contributed by atoms with van der Waals surface area (Å²) in [5, 5.41) is 12.0. The number of fused-ring (bicyclic) bond motifs is 1. The molecule has 2 aromatic rings. The van der Waals surface area contributed by atoms with Gasteiger partial charge in [0.05, 0.1) is 5.39 Å². The molecule has 0 amide bonds. The molecule has 0 radical (unpaired) electrons. The average Bonchev–Trinajstić information content (AvgIpc) is 3.14. The molecule has 5 N–H and O–H groups in total. The van der Waals surface area contributed by atoms with E-state index in [-0.39, 0.29) is 17.2 Å². The molecule has 8 heteroatoms. The van der Waals surface area contributed by atoms with E-state index in [1.165, 1.54) is 0 Å². The van der Waals surface area contributed by atoms with Gasteiger partial charge in [-0.1, -0.05) is 0 Å². The highest BCUT2D eigenvalue weighted by Crippen LogP contribution is 2.36. The summed E-state index contributed by atoms with van der Waals surface area (Å²) in [5.41, 5.74) is 6.34. The minimum atomic E-state index is -0.285. The van der Waals surface area contributed by atoms with Gasteiger partial charge >= 0.3 is 0 Å². The Balaban J connectivity index is 1.57. The second-order valence-corrected chi connectivity index (χ2v) is 5.30. The van der Waals surface area contributed by atoms with Crippen molar-refractivity contribution in [3.63, 3.8) is 0 Å². The van der Waals surface area contributed by atoms with Gasteiger partial charge in [0.15, 0.2) is 5.66 Å². The van der Waals surface area contributed by atoms with Crippen molar-refractivity contribution in [3.05, 3.63) is 22.1 Å². The number of aromatic amines is 2. The summed E-state index contributed by atoms with van der Waals surface area (Å²) in [5.74, 6) is 2.71. The number of anilines is 1. The second kappa shape index (κ2) is 5.61. The zero-order valence-electron chi connectivity index (χ0n) is 12.0. The third-order valence-electron chi connectivity index (χ3n) is 3.71. The molecule has 0 fully saturated rings. The van der Waals surface area contributed by atoms with E-state index in [9.17, 15) is 4.79 Å². The lowest BCUT2D eigenvalue weighted by atomic mass is 10.0. The van der Waals surface area contributed by atoms with Gasteiger partial charge in [-0.2, -0.15) is 15.2 Å². The van der Waals surface area contributed by atoms with Gasteiger partial charge in [0, 0.05) is 32.0 Å². The Bertz CT molecular complexity index is 805. The van der Waals surface area contributed by atoms with Gasteiger partial charge < -0.3 is 16.0 Å². The van der Waals surface area contributed by atoms with Crippen molar-refractivity contribution in [1.82, 2.24) is 20.3 Å². The van der Waals surface area contributed by atoms with Crippen molar-refractivity contribution in [3.8, 4) is 12.3 Å². The maximum absolute atomic E-state index is 11.9. The smallest absolute Gasteiger partial charge is 0.262 e. The third kappa shape index (κ3) is 2.84. The van der Waals surface area contributed by atoms with Gasteiger partial charge in [0.25, 0.3) is 5.56 Å². The predicted octanol–water partition coefficient (Wildman–Crippen LogP) is 0.889. The molecule has 1 aliphatic heterocycles. The summed E-state index contributed by atoms with van der Waals surface area (Å²) in [4.78, 5) is 21.4. The van der Waals surface area contributed by atoms with Gasteiger partial charge in [-0.15, -0.1) is 12.3 Å². The van der Waals surface area contributed by atoms with Crippen LogP contribution in [0.25, 0.3) is 11.0 Å². The van der Waals surface area contributed by atoms with Crippen LogP contribution in [0.1, 0.15) is 24.8 Å². The molecule has 0 aromatic carbocycles. The van der Waals surface area contributed by atoms with Crippen molar-refractivity contribution < 1.29 is 0 Å². The molecule has 8 nitrogen and oxygen atoms in total. The Morgan fingerprint density at radius 2 is 2.23 bits per heavy atom. The highest BCUT2D eigenvalue weighted by molar-refractivity contribution is 5.79. The van der Waals surface area contributed by atoms with Crippen LogP contribution in [0.5, 0.6) is 0 Å². The minimum Gasteiger partial charge on any atom is -0.369 e. The summed E-state index contributed by atoms with van der Waals surface area (Å²) >= 11 is 0. The molecule has 0 saturated heterocycles. The summed E-state index contributed by atoms with van der Waals surface area (Å²) in [6.07, 6.45) is 9.30. The summed E-state index contributed by atoms with van der Waals surface area (Å²) < 4.78 is 0. The zero-order valence-corrected chi connectivity index (χ0v) is 12.0. The van der Waals surface area contributed by atoms with E-state index in [1.807, 2.05) is 0 Å². The first-order valence-electron chi connectivity index (χ1n) is 7.07. The lowest BCUT2D eigenvalue weighted by Gasteiger charge is -2.09. The SMILES string of the molecule is C#CCCC1(CCNCc2c[nH]c3nc(N)[nH]c(=O)c23)N=N1. The summed E-state index contributed by atoms with van der Waals surface area (Å²) in [6, 6.07) is 0. The van der Waals surface area contributed by atoms with E-state index in [1.54, 1.807) is 6.20 Å². The van der Waals surface area contributed by atoms with Crippen LogP contribution in [0, 0.1) is 12.3 Å². The Kier molecular flexibility index (Phi) is 3.65. The maximum atomic E-state index is 11.9. The summed E-state index contributed by atoms with van der Waals surface area (Å²) in [6.45, 7) is 1.30. The number of rotatable bonds is 7. The monoisotopic (exact) mass is 299 g/mol. The van der Waals surface area contributed by atoms with Gasteiger partial charge in [0.2, 0.25) is 5.95 Å². The van der Waals surface area contributed by atoms with Crippen LogP contribution in [0.2, 0.25) is 0 Å². The van der Waals surface area contributed by atoms with Crippen LogP contribution in [-0.2, 0) is 6.54 Å². The molecule has 3 rings (SSSR count). The fraction of sp³-hybridized carbons (Fsp3) is 0.429. The van der Waals surface area contributed by atoms with Gasteiger partial charge in [-0.3, -0.25) is 9.78 Å². The first-order valence-corrected chi connectivity index (χ1v) is 7.07. The molecule has 0 atom stereocenters. The molecule has 0 unspecified atom stereocenters. The number of H-pyrrole nitrogens is 2. The normalized spacial score (nSPS) is 15.0. The number of hydrogen-bond donors (Lipinski definition) is 4. The van der Waals surface area contributed by atoms with E-state index in [0.29, 0.717) is 24.0 Å². The number of nitrogens with two attached hydrogens (primary N) is 1. The fourth-order valence-corrected chi connectivity index (χ4v) is 2.44. The number of aromatic nitrogens is 3. The van der Waals surface area contributed by atoms with E-state index >= 15 is 0 Å². The van der Waals surface area contributed by atoms with E-state index in [2.05, 4.69) is 36.4 Å². The highest BCUT2D eigenvalue weighted by Gasteiger charge is 2.38. The molecule has 0 bridgehead atoms. The van der Waals surface area contributed by atoms with Gasteiger partial charge in [-0.25, -0.2) is 0 Å². The van der Waals surface area contributed by atoms with Crippen LogP contribution in [0.15, 0.2) is 21.2 Å². The Morgan fingerprint density at radius 3 is 2.95 bits per heavy atom. The average molecular weight is 299 g/mol. The van der Waals surface area contributed by atoms with E-state index in [0.717, 1.165) is 24.9 Å². The quantitative estimate of drug-likeness (QED) is 0.447. The Hall–Kier alpha value is -2.66. The standard InChI is InChI=1S/C14H17N7O/c1-2-3-4-14(20-21-14)5-6-16-7-9-8-17-11-10(9)12(22)19-13(15)18-11/h1,8,16H,3-7H2,(H4,15,17,18,19,22). The molecule has 0 saturated carbocycles. The van der Waals surface area contributed by atoms with Crippen molar-refractivity contribution in [2.24, 2.45) is 10.2 Å². The van der Waals surface area contributed by atoms with Crippen molar-refractivity contribution >= 4 is 17.0 Å². The van der Waals surface area contributed by atoms with Crippen molar-refractivity contribution in [2.45, 2.75) is 31.5 Å². The van der Waals surface area contributed by atoms with E-state index in [4.69, 9.17) is 12.2 Å². The van der Waals surface area contributed by atoms with Crippen molar-refractivity contribution in [1.29, 1.82) is 0 Å². The Labute approximate surface area is 126 Å². The maximum Gasteiger partial charge on any atom is 0.262 e. The first kappa shape index (κ1) is 14.3. The largest absolute Gasteiger partial charge is 0.369 e. The van der Waals surface area contributed by atoms with Crippen LogP contribution < -0.4 is 16.6 Å². The van der Waals surface area contributed by atoms with Crippen LogP contribution in [0.3, 0.4) is 0 Å². The number of terminal acetylenes is 1. The first-order chi connectivity index (χ1) is 10.6. The second-order valence-electron chi connectivity index (χ2n) is 5.30. The predicted molar refractivity (Wildman–Crippen MR) is 83.1 cm³/mol. The molecule has 22 heavy (non-hydrogen) atoms.